The lowest BCUT2D eigenvalue weighted by atomic mass is 10.2. The van der Waals surface area contributed by atoms with Gasteiger partial charge in [-0.3, -0.25) is 9.69 Å². The molecule has 13 heavy (non-hydrogen) atoms. The van der Waals surface area contributed by atoms with Crippen molar-refractivity contribution in [2.24, 2.45) is 5.73 Å². The minimum atomic E-state index is -1.00. The van der Waals surface area contributed by atoms with Gasteiger partial charge in [0, 0.05) is 13.1 Å². The van der Waals surface area contributed by atoms with Crippen molar-refractivity contribution in [1.82, 2.24) is 4.90 Å². The lowest BCUT2D eigenvalue weighted by Crippen LogP contribution is -2.43. The summed E-state index contributed by atoms with van der Waals surface area (Å²) >= 11 is 0. The summed E-state index contributed by atoms with van der Waals surface area (Å²) in [5.41, 5.74) is 5.36. The van der Waals surface area contributed by atoms with Crippen LogP contribution in [-0.2, 0) is 4.79 Å². The van der Waals surface area contributed by atoms with Gasteiger partial charge < -0.3 is 15.9 Å². The van der Waals surface area contributed by atoms with E-state index in [9.17, 15) is 4.79 Å². The molecule has 5 nitrogen and oxygen atoms in total. The van der Waals surface area contributed by atoms with Gasteiger partial charge in [-0.25, -0.2) is 0 Å². The molecule has 0 amide bonds. The summed E-state index contributed by atoms with van der Waals surface area (Å²) in [6, 6.07) is -0.863. The lowest BCUT2D eigenvalue weighted by Gasteiger charge is -2.22. The first-order valence-electron chi connectivity index (χ1n) is 4.43. The minimum Gasteiger partial charge on any atom is -0.480 e. The number of aliphatic hydroxyl groups is 1. The van der Waals surface area contributed by atoms with Gasteiger partial charge in [0.05, 0.1) is 6.61 Å². The molecular formula is C8H18N2O3. The molecule has 1 unspecified atom stereocenters. The van der Waals surface area contributed by atoms with Crippen LogP contribution in [0.3, 0.4) is 0 Å². The highest BCUT2D eigenvalue weighted by Crippen LogP contribution is 1.93. The number of nitrogens with two attached hydrogens (primary N) is 1. The summed E-state index contributed by atoms with van der Waals surface area (Å²) in [6.45, 7) is 3.57. The summed E-state index contributed by atoms with van der Waals surface area (Å²) in [5, 5.41) is 17.2. The highest BCUT2D eigenvalue weighted by atomic mass is 16.4. The van der Waals surface area contributed by atoms with Gasteiger partial charge in [-0.15, -0.1) is 0 Å². The third kappa shape index (κ3) is 5.57. The molecule has 0 heterocycles. The highest BCUT2D eigenvalue weighted by Gasteiger charge is 2.15. The molecule has 5 heteroatoms. The van der Waals surface area contributed by atoms with Crippen LogP contribution >= 0.6 is 0 Å². The largest absolute Gasteiger partial charge is 0.480 e. The third-order valence-electron chi connectivity index (χ3n) is 1.73. The van der Waals surface area contributed by atoms with Gasteiger partial charge in [-0.05, 0) is 13.0 Å². The molecule has 0 aliphatic carbocycles. The number of carboxylic acid groups (broad SMARTS) is 1. The molecule has 0 aromatic carbocycles. The Morgan fingerprint density at radius 3 is 2.54 bits per heavy atom. The molecule has 0 aliphatic heterocycles. The molecule has 0 spiro atoms. The summed E-state index contributed by atoms with van der Waals surface area (Å²) in [4.78, 5) is 12.3. The fourth-order valence-electron chi connectivity index (χ4n) is 1.11. The van der Waals surface area contributed by atoms with Crippen molar-refractivity contribution in [1.29, 1.82) is 0 Å². The Morgan fingerprint density at radius 2 is 2.15 bits per heavy atom. The average molecular weight is 190 g/mol. The van der Waals surface area contributed by atoms with E-state index in [1.165, 1.54) is 0 Å². The number of hydrogen-bond donors (Lipinski definition) is 3. The van der Waals surface area contributed by atoms with E-state index < -0.39 is 12.0 Å². The summed E-state index contributed by atoms with van der Waals surface area (Å²) in [7, 11) is 0. The Balaban J connectivity index is 3.85. The van der Waals surface area contributed by atoms with Crippen molar-refractivity contribution in [3.05, 3.63) is 0 Å². The first-order chi connectivity index (χ1) is 6.11. The van der Waals surface area contributed by atoms with Crippen LogP contribution in [0.25, 0.3) is 0 Å². The van der Waals surface area contributed by atoms with Gasteiger partial charge in [0.2, 0.25) is 0 Å². The summed E-state index contributed by atoms with van der Waals surface area (Å²) in [5.74, 6) is -1.00. The predicted octanol–water partition coefficient (Wildman–Crippen LogP) is -0.897. The van der Waals surface area contributed by atoms with Crippen LogP contribution in [0, 0.1) is 0 Å². The van der Waals surface area contributed by atoms with Crippen molar-refractivity contribution < 1.29 is 15.0 Å². The molecule has 4 N–H and O–H groups in total. The molecule has 0 bridgehead atoms. The van der Waals surface area contributed by atoms with Gasteiger partial charge in [0.1, 0.15) is 6.04 Å². The first kappa shape index (κ1) is 12.3. The van der Waals surface area contributed by atoms with Crippen molar-refractivity contribution in [2.45, 2.75) is 19.4 Å². The van der Waals surface area contributed by atoms with Gasteiger partial charge in [0.25, 0.3) is 0 Å². The number of aliphatic carboxylic acids is 1. The molecule has 1 atom stereocenters. The van der Waals surface area contributed by atoms with E-state index in [4.69, 9.17) is 15.9 Å². The quantitative estimate of drug-likeness (QED) is 0.484. The standard InChI is InChI=1S/C8H18N2O3/c1-2-3-10(4-5-11)6-7(9)8(12)13/h7,11H,2-6,9H2,1H3,(H,12,13). The van der Waals surface area contributed by atoms with Crippen molar-refractivity contribution in [3.8, 4) is 0 Å². The fourth-order valence-corrected chi connectivity index (χ4v) is 1.11. The normalized spacial score (nSPS) is 13.2. The molecule has 0 saturated carbocycles. The van der Waals surface area contributed by atoms with Crippen molar-refractivity contribution in [2.75, 3.05) is 26.2 Å². The van der Waals surface area contributed by atoms with E-state index >= 15 is 0 Å². The molecule has 0 saturated heterocycles. The lowest BCUT2D eigenvalue weighted by molar-refractivity contribution is -0.139. The molecule has 0 aromatic heterocycles. The molecule has 0 rings (SSSR count). The van der Waals surface area contributed by atoms with Gasteiger partial charge in [0.15, 0.2) is 0 Å². The molecule has 0 fully saturated rings. The minimum absolute atomic E-state index is 0.0341. The number of aliphatic hydroxyl groups excluding tert-OH is 1. The maximum absolute atomic E-state index is 10.4. The second-order valence-corrected chi connectivity index (χ2v) is 2.97. The zero-order valence-electron chi connectivity index (χ0n) is 7.94. The summed E-state index contributed by atoms with van der Waals surface area (Å²) < 4.78 is 0. The average Bonchev–Trinajstić information content (AvgIpc) is 2.05. The van der Waals surface area contributed by atoms with Crippen LogP contribution in [0.15, 0.2) is 0 Å². The third-order valence-corrected chi connectivity index (χ3v) is 1.73. The monoisotopic (exact) mass is 190 g/mol. The predicted molar refractivity (Wildman–Crippen MR) is 49.4 cm³/mol. The zero-order valence-corrected chi connectivity index (χ0v) is 7.94. The number of carboxylic acids is 1. The Hall–Kier alpha value is -0.650. The Labute approximate surface area is 78.1 Å². The van der Waals surface area contributed by atoms with Crippen molar-refractivity contribution in [3.63, 3.8) is 0 Å². The maximum atomic E-state index is 10.4. The topological polar surface area (TPSA) is 86.8 Å². The van der Waals surface area contributed by atoms with Gasteiger partial charge in [-0.1, -0.05) is 6.92 Å². The Morgan fingerprint density at radius 1 is 1.54 bits per heavy atom. The number of nitrogens with zero attached hydrogens (tertiary/aromatic N) is 1. The van der Waals surface area contributed by atoms with Crippen LogP contribution in [0.1, 0.15) is 13.3 Å². The number of carbonyl (C=O) groups is 1. The van der Waals surface area contributed by atoms with E-state index in [0.29, 0.717) is 13.1 Å². The van der Waals surface area contributed by atoms with Gasteiger partial charge >= 0.3 is 5.97 Å². The molecule has 0 aliphatic rings. The molecule has 0 aromatic rings. The van der Waals surface area contributed by atoms with Crippen molar-refractivity contribution >= 4 is 5.97 Å². The number of rotatable bonds is 7. The molecular weight excluding hydrogens is 172 g/mol. The maximum Gasteiger partial charge on any atom is 0.321 e. The van der Waals surface area contributed by atoms with Crippen LogP contribution in [0.4, 0.5) is 0 Å². The first-order valence-corrected chi connectivity index (χ1v) is 4.43. The number of hydrogen-bond acceptors (Lipinski definition) is 4. The smallest absolute Gasteiger partial charge is 0.321 e. The molecule has 0 radical (unpaired) electrons. The van der Waals surface area contributed by atoms with E-state index in [1.54, 1.807) is 0 Å². The second kappa shape index (κ2) is 6.82. The Bertz CT molecular complexity index is 146. The van der Waals surface area contributed by atoms with E-state index in [1.807, 2.05) is 11.8 Å². The Kier molecular flexibility index (Phi) is 6.48. The fraction of sp³-hybridized carbons (Fsp3) is 0.875. The van der Waals surface area contributed by atoms with Crippen LogP contribution in [0.5, 0.6) is 0 Å². The van der Waals surface area contributed by atoms with E-state index in [2.05, 4.69) is 0 Å². The highest BCUT2D eigenvalue weighted by molar-refractivity contribution is 5.73. The molecule has 78 valence electrons. The van der Waals surface area contributed by atoms with Gasteiger partial charge in [-0.2, -0.15) is 0 Å². The second-order valence-electron chi connectivity index (χ2n) is 2.97. The van der Waals surface area contributed by atoms with Crippen LogP contribution in [-0.4, -0.2) is 53.4 Å². The SMILES string of the molecule is CCCN(CCO)CC(N)C(=O)O. The van der Waals surface area contributed by atoms with Crippen LogP contribution in [0.2, 0.25) is 0 Å². The van der Waals surface area contributed by atoms with Crippen LogP contribution < -0.4 is 5.73 Å². The van der Waals surface area contributed by atoms with E-state index in [0.717, 1.165) is 13.0 Å². The van der Waals surface area contributed by atoms with E-state index in [-0.39, 0.29) is 6.61 Å². The summed E-state index contributed by atoms with van der Waals surface area (Å²) in [6.07, 6.45) is 0.923. The zero-order chi connectivity index (χ0) is 10.3.